The van der Waals surface area contributed by atoms with E-state index in [9.17, 15) is 4.79 Å². The number of halogens is 1. The summed E-state index contributed by atoms with van der Waals surface area (Å²) in [5.41, 5.74) is 0.488. The zero-order valence-corrected chi connectivity index (χ0v) is 8.84. The van der Waals surface area contributed by atoms with Gasteiger partial charge < -0.3 is 9.15 Å². The third-order valence-corrected chi connectivity index (χ3v) is 1.23. The van der Waals surface area contributed by atoms with E-state index in [-0.39, 0.29) is 5.78 Å². The summed E-state index contributed by atoms with van der Waals surface area (Å²) < 4.78 is 9.58. The topological polar surface area (TPSA) is 39.4 Å². The van der Waals surface area contributed by atoms with Gasteiger partial charge >= 0.3 is 0 Å². The third-order valence-electron chi connectivity index (χ3n) is 1.23. The highest BCUT2D eigenvalue weighted by Gasteiger charge is 2.08. The minimum Gasteiger partial charge on any atom is -0.493 e. The number of furan rings is 1. The van der Waals surface area contributed by atoms with Gasteiger partial charge in [0.15, 0.2) is 11.5 Å². The second-order valence-corrected chi connectivity index (χ2v) is 1.91. The van der Waals surface area contributed by atoms with E-state index in [1.165, 1.54) is 26.6 Å². The number of carbonyl (C=O) groups excluding carboxylic acids is 1. The van der Waals surface area contributed by atoms with Gasteiger partial charge in [-0.15, -0.1) is 0 Å². The Labute approximate surface area is 79.8 Å². The zero-order valence-electron chi connectivity index (χ0n) is 7.26. The molecular formula is C8H11BrO3. The average molecular weight is 235 g/mol. The fraction of sp³-hybridized carbons (Fsp3) is 0.375. The number of hydrogen-bond acceptors (Lipinski definition) is 3. The Hall–Kier alpha value is -0.770. The van der Waals surface area contributed by atoms with Gasteiger partial charge in [0.1, 0.15) is 12.5 Å². The summed E-state index contributed by atoms with van der Waals surface area (Å²) in [5, 5.41) is 0. The number of ether oxygens (including phenoxy) is 1. The largest absolute Gasteiger partial charge is 0.493 e. The number of carbonyl (C=O) groups is 1. The molecule has 0 aliphatic carbocycles. The van der Waals surface area contributed by atoms with Gasteiger partial charge in [-0.2, -0.15) is 0 Å². The van der Waals surface area contributed by atoms with Crippen LogP contribution in [0.5, 0.6) is 5.75 Å². The molecule has 1 rings (SSSR count). The SMILES string of the molecule is CBr.COc1cocc1C(C)=O. The molecule has 3 nitrogen and oxygen atoms in total. The van der Waals surface area contributed by atoms with Crippen molar-refractivity contribution >= 4 is 21.7 Å². The number of ketones is 1. The van der Waals surface area contributed by atoms with Crippen molar-refractivity contribution in [3.63, 3.8) is 0 Å². The van der Waals surface area contributed by atoms with Crippen molar-refractivity contribution in [2.24, 2.45) is 0 Å². The molecule has 0 bridgehead atoms. The van der Waals surface area contributed by atoms with E-state index >= 15 is 0 Å². The molecule has 0 amide bonds. The molecule has 0 spiro atoms. The molecule has 0 aromatic carbocycles. The van der Waals surface area contributed by atoms with E-state index in [1.807, 2.05) is 5.83 Å². The Morgan fingerprint density at radius 2 is 2.08 bits per heavy atom. The second kappa shape index (κ2) is 5.83. The standard InChI is InChI=1S/C7H8O3.CH3Br/c1-5(8)6-3-10-4-7(6)9-2;1-2/h3-4H,1-2H3;1H3. The molecular weight excluding hydrogens is 224 g/mol. The van der Waals surface area contributed by atoms with Crippen molar-refractivity contribution < 1.29 is 13.9 Å². The van der Waals surface area contributed by atoms with Gasteiger partial charge in [-0.1, -0.05) is 15.9 Å². The Morgan fingerprint density at radius 3 is 2.42 bits per heavy atom. The van der Waals surface area contributed by atoms with Crippen LogP contribution in [0.4, 0.5) is 0 Å². The predicted molar refractivity (Wildman–Crippen MR) is 50.1 cm³/mol. The minimum absolute atomic E-state index is 0.0504. The maximum Gasteiger partial charge on any atom is 0.167 e. The summed E-state index contributed by atoms with van der Waals surface area (Å²) in [7, 11) is 1.50. The van der Waals surface area contributed by atoms with E-state index in [0.717, 1.165) is 0 Å². The molecule has 0 saturated heterocycles. The summed E-state index contributed by atoms with van der Waals surface area (Å²) in [6.07, 6.45) is 2.78. The maximum atomic E-state index is 10.7. The number of methoxy groups -OCH3 is 1. The average Bonchev–Trinajstić information content (AvgIpc) is 2.55. The minimum atomic E-state index is -0.0504. The lowest BCUT2D eigenvalue weighted by molar-refractivity contribution is 0.101. The van der Waals surface area contributed by atoms with Crippen LogP contribution in [-0.2, 0) is 0 Å². The fourth-order valence-electron chi connectivity index (χ4n) is 0.700. The van der Waals surface area contributed by atoms with Gasteiger partial charge in [-0.3, -0.25) is 4.79 Å². The molecule has 0 radical (unpaired) electrons. The summed E-state index contributed by atoms with van der Waals surface area (Å²) in [6.45, 7) is 1.47. The molecule has 0 N–H and O–H groups in total. The Morgan fingerprint density at radius 1 is 1.50 bits per heavy atom. The summed E-state index contributed by atoms with van der Waals surface area (Å²) in [6, 6.07) is 0. The van der Waals surface area contributed by atoms with Gasteiger partial charge in [-0.05, 0) is 12.8 Å². The van der Waals surface area contributed by atoms with Gasteiger partial charge in [0.05, 0.1) is 12.7 Å². The van der Waals surface area contributed by atoms with Crippen molar-refractivity contribution in [3.05, 3.63) is 18.1 Å². The van der Waals surface area contributed by atoms with Crippen molar-refractivity contribution in [2.45, 2.75) is 6.92 Å². The quantitative estimate of drug-likeness (QED) is 0.584. The van der Waals surface area contributed by atoms with Crippen LogP contribution < -0.4 is 4.74 Å². The van der Waals surface area contributed by atoms with Crippen molar-refractivity contribution in [1.29, 1.82) is 0 Å². The van der Waals surface area contributed by atoms with Gasteiger partial charge in [0, 0.05) is 0 Å². The number of Topliss-reactive ketones (excluding diaryl/α,β-unsaturated/α-hetero) is 1. The molecule has 1 aromatic heterocycles. The van der Waals surface area contributed by atoms with Crippen LogP contribution in [0.3, 0.4) is 0 Å². The van der Waals surface area contributed by atoms with Crippen LogP contribution in [0, 0.1) is 0 Å². The van der Waals surface area contributed by atoms with E-state index in [0.29, 0.717) is 11.3 Å². The van der Waals surface area contributed by atoms with Crippen LogP contribution >= 0.6 is 15.9 Å². The first-order chi connectivity index (χ1) is 5.75. The second-order valence-electron chi connectivity index (χ2n) is 1.91. The van der Waals surface area contributed by atoms with Crippen LogP contribution in [-0.4, -0.2) is 18.7 Å². The van der Waals surface area contributed by atoms with Crippen molar-refractivity contribution in [3.8, 4) is 5.75 Å². The summed E-state index contributed by atoms with van der Waals surface area (Å²) >= 11 is 2.94. The number of alkyl halides is 1. The highest BCUT2D eigenvalue weighted by atomic mass is 79.9. The highest BCUT2D eigenvalue weighted by Crippen LogP contribution is 2.18. The molecule has 0 fully saturated rings. The lowest BCUT2D eigenvalue weighted by atomic mass is 10.2. The van der Waals surface area contributed by atoms with E-state index in [4.69, 9.17) is 9.15 Å². The van der Waals surface area contributed by atoms with Crippen molar-refractivity contribution in [1.82, 2.24) is 0 Å². The zero-order chi connectivity index (χ0) is 9.56. The molecule has 0 aliphatic rings. The van der Waals surface area contributed by atoms with Gasteiger partial charge in [0.2, 0.25) is 0 Å². The lowest BCUT2D eigenvalue weighted by Crippen LogP contribution is -1.92. The number of rotatable bonds is 2. The molecule has 0 aliphatic heterocycles. The molecule has 0 atom stereocenters. The molecule has 1 heterocycles. The van der Waals surface area contributed by atoms with Crippen molar-refractivity contribution in [2.75, 3.05) is 12.9 Å². The lowest BCUT2D eigenvalue weighted by Gasteiger charge is -1.93. The Kier molecular flexibility index (Phi) is 5.45. The summed E-state index contributed by atoms with van der Waals surface area (Å²) in [4.78, 5) is 10.7. The van der Waals surface area contributed by atoms with Gasteiger partial charge in [0.25, 0.3) is 0 Å². The first-order valence-corrected chi connectivity index (χ1v) is 4.83. The third kappa shape index (κ3) is 2.70. The maximum absolute atomic E-state index is 10.7. The Bertz CT molecular complexity index is 242. The molecule has 4 heteroatoms. The molecule has 0 saturated carbocycles. The van der Waals surface area contributed by atoms with E-state index in [1.54, 1.807) is 0 Å². The highest BCUT2D eigenvalue weighted by molar-refractivity contribution is 9.08. The van der Waals surface area contributed by atoms with E-state index < -0.39 is 0 Å². The molecule has 1 aromatic rings. The van der Waals surface area contributed by atoms with Crippen LogP contribution in [0.1, 0.15) is 17.3 Å². The monoisotopic (exact) mass is 234 g/mol. The van der Waals surface area contributed by atoms with E-state index in [2.05, 4.69) is 15.9 Å². The normalized spacial score (nSPS) is 8.33. The first-order valence-electron chi connectivity index (χ1n) is 3.24. The molecule has 68 valence electrons. The predicted octanol–water partition coefficient (Wildman–Crippen LogP) is 2.50. The van der Waals surface area contributed by atoms with Crippen LogP contribution in [0.15, 0.2) is 16.9 Å². The van der Waals surface area contributed by atoms with Crippen LogP contribution in [0.25, 0.3) is 0 Å². The van der Waals surface area contributed by atoms with Gasteiger partial charge in [-0.25, -0.2) is 0 Å². The number of hydrogen-bond donors (Lipinski definition) is 0. The Balaban J connectivity index is 0.000000561. The smallest absolute Gasteiger partial charge is 0.167 e. The molecule has 12 heavy (non-hydrogen) atoms. The first kappa shape index (κ1) is 11.2. The van der Waals surface area contributed by atoms with Crippen LogP contribution in [0.2, 0.25) is 0 Å². The molecule has 0 unspecified atom stereocenters. The summed E-state index contributed by atoms with van der Waals surface area (Å²) in [5.74, 6) is 2.26. The fourth-order valence-corrected chi connectivity index (χ4v) is 0.700.